The minimum Gasteiger partial charge on any atom is -0.330 e. The van der Waals surface area contributed by atoms with Gasteiger partial charge in [-0.25, -0.2) is 13.8 Å². The molecule has 0 saturated carbocycles. The van der Waals surface area contributed by atoms with E-state index in [1.807, 2.05) is 41.5 Å². The van der Waals surface area contributed by atoms with Crippen molar-refractivity contribution in [2.75, 3.05) is 18.6 Å². The maximum absolute atomic E-state index is 14.8. The number of hydrogen-bond acceptors (Lipinski definition) is 6. The Morgan fingerprint density at radius 1 is 1.09 bits per heavy atom. The average Bonchev–Trinajstić information content (AvgIpc) is 3.40. The van der Waals surface area contributed by atoms with Crippen LogP contribution in [0.1, 0.15) is 35.2 Å². The van der Waals surface area contributed by atoms with Crippen LogP contribution in [0.15, 0.2) is 65.9 Å². The van der Waals surface area contributed by atoms with Gasteiger partial charge in [-0.2, -0.15) is 5.10 Å². The molecular formula is C25H25F2N5S. The van der Waals surface area contributed by atoms with E-state index < -0.39 is 16.5 Å². The normalized spacial score (nSPS) is 20.2. The van der Waals surface area contributed by atoms with E-state index >= 15 is 0 Å². The summed E-state index contributed by atoms with van der Waals surface area (Å²) in [5.41, 5.74) is 10.1. The van der Waals surface area contributed by atoms with Gasteiger partial charge in [0.15, 0.2) is 0 Å². The highest BCUT2D eigenvalue weighted by Gasteiger charge is 2.46. The van der Waals surface area contributed by atoms with Crippen LogP contribution in [0.4, 0.5) is 14.5 Å². The van der Waals surface area contributed by atoms with Gasteiger partial charge in [-0.15, -0.1) is 0 Å². The summed E-state index contributed by atoms with van der Waals surface area (Å²) < 4.78 is 28.8. The second kappa shape index (κ2) is 8.85. The molecule has 5 rings (SSSR count). The smallest absolute Gasteiger partial charge is 0.139 e. The third kappa shape index (κ3) is 4.03. The first-order valence-corrected chi connectivity index (χ1v) is 11.8. The highest BCUT2D eigenvalue weighted by Crippen LogP contribution is 2.52. The van der Waals surface area contributed by atoms with Crippen molar-refractivity contribution < 1.29 is 8.78 Å². The minimum atomic E-state index is -0.658. The molecule has 3 aromatic rings. The van der Waals surface area contributed by atoms with Crippen LogP contribution in [0.2, 0.25) is 0 Å². The maximum atomic E-state index is 14.8. The van der Waals surface area contributed by atoms with E-state index in [1.54, 1.807) is 0 Å². The van der Waals surface area contributed by atoms with Gasteiger partial charge < -0.3 is 5.73 Å². The van der Waals surface area contributed by atoms with E-state index in [9.17, 15) is 8.78 Å². The lowest BCUT2D eigenvalue weighted by atomic mass is 9.99. The molecule has 5 nitrogen and oxygen atoms in total. The molecule has 0 amide bonds. The second-order valence-corrected chi connectivity index (χ2v) is 9.72. The van der Waals surface area contributed by atoms with Crippen LogP contribution < -0.4 is 10.7 Å². The molecular weight excluding hydrogens is 440 g/mol. The number of hydrazone groups is 1. The van der Waals surface area contributed by atoms with E-state index in [2.05, 4.69) is 18.0 Å². The number of hydrogen-bond donors (Lipinski definition) is 1. The summed E-state index contributed by atoms with van der Waals surface area (Å²) in [7, 11) is 2.06. The number of thioether (sulfide) groups is 1. The van der Waals surface area contributed by atoms with Gasteiger partial charge in [0, 0.05) is 18.7 Å². The number of nitrogens with two attached hydrogens (primary N) is 1. The number of pyridine rings is 1. The zero-order valence-corrected chi connectivity index (χ0v) is 19.2. The lowest BCUT2D eigenvalue weighted by molar-refractivity contribution is 0.351. The van der Waals surface area contributed by atoms with E-state index in [4.69, 9.17) is 15.8 Å². The molecule has 2 N–H and O–H groups in total. The van der Waals surface area contributed by atoms with Crippen LogP contribution in [0.25, 0.3) is 0 Å². The van der Waals surface area contributed by atoms with Gasteiger partial charge in [-0.1, -0.05) is 42.1 Å². The van der Waals surface area contributed by atoms with Gasteiger partial charge >= 0.3 is 0 Å². The number of benzene rings is 2. The average molecular weight is 466 g/mol. The lowest BCUT2D eigenvalue weighted by Crippen LogP contribution is -2.38. The number of halogens is 2. The predicted molar refractivity (Wildman–Crippen MR) is 129 cm³/mol. The number of rotatable bonds is 6. The summed E-state index contributed by atoms with van der Waals surface area (Å²) in [6.07, 6.45) is 3.25. The summed E-state index contributed by atoms with van der Waals surface area (Å²) in [6.45, 7) is 2.14. The van der Waals surface area contributed by atoms with Crippen molar-refractivity contribution in [3.63, 3.8) is 0 Å². The number of aromatic nitrogens is 1. The molecule has 0 saturated heterocycles. The van der Waals surface area contributed by atoms with Crippen LogP contribution in [-0.4, -0.2) is 28.5 Å². The first-order chi connectivity index (χ1) is 16.0. The summed E-state index contributed by atoms with van der Waals surface area (Å²) in [5, 5.41) is 7.23. The fourth-order valence-electron chi connectivity index (χ4n) is 4.48. The number of anilines is 1. The van der Waals surface area contributed by atoms with Gasteiger partial charge in [-0.05, 0) is 61.8 Å². The molecule has 170 valence electrons. The molecule has 0 spiro atoms. The first-order valence-electron chi connectivity index (χ1n) is 11.0. The molecule has 0 aliphatic carbocycles. The first kappa shape index (κ1) is 22.0. The SMILES string of the molecule is CN1Cc2cc(N3N=C(c4cc(F)ccc4F)SC3(CCCN)c3ccccc3)cnc2C1. The van der Waals surface area contributed by atoms with Crippen molar-refractivity contribution in [1.29, 1.82) is 0 Å². The van der Waals surface area contributed by atoms with Crippen molar-refractivity contribution in [2.24, 2.45) is 10.8 Å². The molecule has 2 aromatic carbocycles. The Kier molecular flexibility index (Phi) is 5.90. The highest BCUT2D eigenvalue weighted by molar-refractivity contribution is 8.15. The molecule has 2 aliphatic heterocycles. The van der Waals surface area contributed by atoms with E-state index in [1.165, 1.54) is 17.8 Å². The molecule has 1 atom stereocenters. The molecule has 33 heavy (non-hydrogen) atoms. The molecule has 3 heterocycles. The zero-order chi connectivity index (χ0) is 23.0. The van der Waals surface area contributed by atoms with Crippen molar-refractivity contribution >= 4 is 22.5 Å². The van der Waals surface area contributed by atoms with Gasteiger partial charge in [0.1, 0.15) is 21.5 Å². The van der Waals surface area contributed by atoms with Crippen LogP contribution >= 0.6 is 11.8 Å². The molecule has 0 radical (unpaired) electrons. The topological polar surface area (TPSA) is 57.8 Å². The Balaban J connectivity index is 1.67. The summed E-state index contributed by atoms with van der Waals surface area (Å²) >= 11 is 1.44. The molecule has 1 unspecified atom stereocenters. The summed E-state index contributed by atoms with van der Waals surface area (Å²) in [6, 6.07) is 15.6. The Morgan fingerprint density at radius 3 is 2.70 bits per heavy atom. The standard InChI is InChI=1S/C25H25F2N5S/c1-31-15-17-12-20(14-29-23(17)16-31)32-25(10-5-11-28,18-6-3-2-4-7-18)33-24(30-32)21-13-19(26)8-9-22(21)27/h2-4,6-9,12-14H,5,10-11,15-16,28H2,1H3. The van der Waals surface area contributed by atoms with E-state index in [-0.39, 0.29) is 5.56 Å². The third-order valence-electron chi connectivity index (χ3n) is 6.05. The van der Waals surface area contributed by atoms with Crippen molar-refractivity contribution in [1.82, 2.24) is 9.88 Å². The van der Waals surface area contributed by atoms with E-state index in [0.29, 0.717) is 18.0 Å². The Labute approximate surface area is 196 Å². The van der Waals surface area contributed by atoms with Gasteiger partial charge in [0.2, 0.25) is 0 Å². The number of nitrogens with zero attached hydrogens (tertiary/aromatic N) is 4. The van der Waals surface area contributed by atoms with Crippen LogP contribution in [0.5, 0.6) is 0 Å². The van der Waals surface area contributed by atoms with Gasteiger partial charge in [-0.3, -0.25) is 9.88 Å². The quantitative estimate of drug-likeness (QED) is 0.566. The van der Waals surface area contributed by atoms with Crippen molar-refractivity contribution in [3.8, 4) is 0 Å². The van der Waals surface area contributed by atoms with Crippen LogP contribution in [-0.2, 0) is 18.0 Å². The fourth-order valence-corrected chi connectivity index (χ4v) is 5.92. The lowest BCUT2D eigenvalue weighted by Gasteiger charge is -2.37. The van der Waals surface area contributed by atoms with E-state index in [0.717, 1.165) is 54.2 Å². The summed E-state index contributed by atoms with van der Waals surface area (Å²) in [4.78, 5) is 6.25. The molecule has 8 heteroatoms. The van der Waals surface area contributed by atoms with Crippen molar-refractivity contribution in [3.05, 3.63) is 94.8 Å². The largest absolute Gasteiger partial charge is 0.330 e. The molecule has 0 bridgehead atoms. The Morgan fingerprint density at radius 2 is 1.91 bits per heavy atom. The summed E-state index contributed by atoms with van der Waals surface area (Å²) in [5.74, 6) is -0.998. The third-order valence-corrected chi connectivity index (χ3v) is 7.50. The molecule has 0 fully saturated rings. The fraction of sp³-hybridized carbons (Fsp3) is 0.280. The van der Waals surface area contributed by atoms with Gasteiger partial charge in [0.25, 0.3) is 0 Å². The van der Waals surface area contributed by atoms with Crippen molar-refractivity contribution in [2.45, 2.75) is 30.8 Å². The molecule has 1 aromatic heterocycles. The highest BCUT2D eigenvalue weighted by atomic mass is 32.2. The minimum absolute atomic E-state index is 0.157. The number of fused-ring (bicyclic) bond motifs is 1. The maximum Gasteiger partial charge on any atom is 0.139 e. The second-order valence-electron chi connectivity index (χ2n) is 8.46. The Bertz CT molecular complexity index is 1200. The van der Waals surface area contributed by atoms with Crippen LogP contribution in [0, 0.1) is 11.6 Å². The van der Waals surface area contributed by atoms with Crippen LogP contribution in [0.3, 0.4) is 0 Å². The zero-order valence-electron chi connectivity index (χ0n) is 18.3. The monoisotopic (exact) mass is 465 g/mol. The predicted octanol–water partition coefficient (Wildman–Crippen LogP) is 4.81. The van der Waals surface area contributed by atoms with Gasteiger partial charge in [0.05, 0.1) is 17.6 Å². The molecule has 2 aliphatic rings. The Hall–Kier alpha value is -2.81.